The fourth-order valence-corrected chi connectivity index (χ4v) is 7.89. The van der Waals surface area contributed by atoms with E-state index in [-0.39, 0.29) is 50.6 Å². The number of hydrogen-bond donors (Lipinski definition) is 3. The first kappa shape index (κ1) is 39.8. The number of unbranched alkanes of at least 4 members (excludes halogenated alkanes) is 1. The molecule has 3 N–H and O–H groups in total. The second-order valence-electron chi connectivity index (χ2n) is 15.2. The van der Waals surface area contributed by atoms with Gasteiger partial charge < -0.3 is 49.1 Å². The topological polar surface area (TPSA) is 188 Å². The molecule has 1 saturated heterocycles. The SMILES string of the molecule is CCCCOC(=O)CC[C@@H](NC(=O)OC(C)(C)C)C(=O)NCCC(=O)O[C@@H](C)C(=O)OC1=CC[C@@]2(O)[C@H]3Cc4ccc(OC)c5c4[C@@]2(CCN3C)[C@H]1O5. The highest BCUT2D eigenvalue weighted by Gasteiger charge is 2.72. The number of amides is 2. The molecule has 2 amide bonds. The number of likely N-dealkylation sites (N-methyl/N-ethyl adjacent to an activating group) is 1. The Bertz CT molecular complexity index is 1620. The van der Waals surface area contributed by atoms with Crippen molar-refractivity contribution in [1.82, 2.24) is 15.5 Å². The number of methoxy groups -OCH3 is 1. The Morgan fingerprint density at radius 1 is 1.13 bits per heavy atom. The van der Waals surface area contributed by atoms with E-state index in [1.54, 1.807) is 34.0 Å². The van der Waals surface area contributed by atoms with Crippen LogP contribution in [0, 0.1) is 0 Å². The molecule has 53 heavy (non-hydrogen) atoms. The van der Waals surface area contributed by atoms with Gasteiger partial charge in [0.1, 0.15) is 17.4 Å². The third-order valence-electron chi connectivity index (χ3n) is 10.5. The van der Waals surface area contributed by atoms with Crippen molar-refractivity contribution in [2.24, 2.45) is 0 Å². The molecule has 2 heterocycles. The highest BCUT2D eigenvalue weighted by Crippen LogP contribution is 2.65. The Morgan fingerprint density at radius 3 is 2.58 bits per heavy atom. The molecule has 1 aromatic carbocycles. The van der Waals surface area contributed by atoms with Crippen LogP contribution < -0.4 is 20.1 Å². The molecule has 4 aliphatic rings. The number of rotatable bonds is 15. The van der Waals surface area contributed by atoms with Gasteiger partial charge in [-0.3, -0.25) is 14.4 Å². The molecule has 0 saturated carbocycles. The van der Waals surface area contributed by atoms with Crippen molar-refractivity contribution in [2.75, 3.05) is 33.9 Å². The Balaban J connectivity index is 1.17. The summed E-state index contributed by atoms with van der Waals surface area (Å²) in [4.78, 5) is 65.9. The highest BCUT2D eigenvalue weighted by molar-refractivity contribution is 5.87. The van der Waals surface area contributed by atoms with Crippen LogP contribution in [0.15, 0.2) is 24.0 Å². The molecule has 5 rings (SSSR count). The van der Waals surface area contributed by atoms with Gasteiger partial charge in [-0.2, -0.15) is 0 Å². The van der Waals surface area contributed by atoms with E-state index in [0.29, 0.717) is 37.3 Å². The summed E-state index contributed by atoms with van der Waals surface area (Å²) in [6, 6.07) is 2.55. The molecule has 2 aliphatic heterocycles. The van der Waals surface area contributed by atoms with Gasteiger partial charge in [-0.1, -0.05) is 19.4 Å². The van der Waals surface area contributed by atoms with E-state index in [1.165, 1.54) is 6.92 Å². The van der Waals surface area contributed by atoms with Gasteiger partial charge in [0.25, 0.3) is 0 Å². The third-order valence-corrected chi connectivity index (χ3v) is 10.5. The third kappa shape index (κ3) is 8.10. The predicted octanol–water partition coefficient (Wildman–Crippen LogP) is 2.97. The molecular weight excluding hydrogens is 690 g/mol. The highest BCUT2D eigenvalue weighted by atomic mass is 16.6. The van der Waals surface area contributed by atoms with Crippen molar-refractivity contribution >= 4 is 29.9 Å². The second kappa shape index (κ2) is 15.9. The molecule has 1 aromatic rings. The largest absolute Gasteiger partial charge is 0.493 e. The summed E-state index contributed by atoms with van der Waals surface area (Å²) >= 11 is 0. The number of piperidine rings is 1. The maximum atomic E-state index is 13.3. The summed E-state index contributed by atoms with van der Waals surface area (Å²) in [5, 5.41) is 17.4. The first-order chi connectivity index (χ1) is 25.0. The van der Waals surface area contributed by atoms with Crippen molar-refractivity contribution in [1.29, 1.82) is 0 Å². The molecule has 292 valence electrons. The summed E-state index contributed by atoms with van der Waals surface area (Å²) in [5.41, 5.74) is -0.904. The van der Waals surface area contributed by atoms with Gasteiger partial charge >= 0.3 is 24.0 Å². The number of esters is 3. The minimum Gasteiger partial charge on any atom is -0.493 e. The lowest BCUT2D eigenvalue weighted by molar-refractivity contribution is -0.175. The molecule has 1 fully saturated rings. The zero-order valence-electron chi connectivity index (χ0n) is 31.7. The number of ether oxygens (including phenoxy) is 6. The monoisotopic (exact) mass is 743 g/mol. The molecule has 15 nitrogen and oxygen atoms in total. The van der Waals surface area contributed by atoms with E-state index >= 15 is 0 Å². The smallest absolute Gasteiger partial charge is 0.408 e. The van der Waals surface area contributed by atoms with E-state index in [2.05, 4.69) is 15.5 Å². The number of aliphatic hydroxyl groups is 1. The normalized spacial score (nSPS) is 25.0. The number of carbonyl (C=O) groups excluding carboxylic acids is 5. The Labute approximate surface area is 310 Å². The van der Waals surface area contributed by atoms with Gasteiger partial charge in [-0.05, 0) is 84.7 Å². The van der Waals surface area contributed by atoms with Crippen LogP contribution in [0.1, 0.15) is 90.7 Å². The zero-order valence-corrected chi connectivity index (χ0v) is 31.7. The molecule has 15 heteroatoms. The number of carbonyl (C=O) groups is 5. The van der Waals surface area contributed by atoms with Crippen LogP contribution in [0.2, 0.25) is 0 Å². The van der Waals surface area contributed by atoms with Crippen LogP contribution in [0.5, 0.6) is 11.5 Å². The first-order valence-electron chi connectivity index (χ1n) is 18.4. The van der Waals surface area contributed by atoms with Gasteiger partial charge in [0.05, 0.1) is 31.2 Å². The fourth-order valence-electron chi connectivity index (χ4n) is 7.89. The van der Waals surface area contributed by atoms with Crippen molar-refractivity contribution < 1.29 is 57.5 Å². The molecule has 1 spiro atoms. The van der Waals surface area contributed by atoms with Gasteiger partial charge in [-0.15, -0.1) is 0 Å². The van der Waals surface area contributed by atoms with Crippen molar-refractivity contribution in [3.63, 3.8) is 0 Å². The maximum Gasteiger partial charge on any atom is 0.408 e. The fraction of sp³-hybridized carbons (Fsp3) is 0.658. The number of nitrogens with one attached hydrogen (secondary N) is 2. The van der Waals surface area contributed by atoms with Gasteiger partial charge in [0, 0.05) is 31.0 Å². The standard InChI is InChI=1S/C38H53N3O12/c1-8-9-20-49-28(42)13-11-24(40-35(46)53-36(3,4)5)33(44)39-18-15-29(43)50-22(2)34(45)51-26-14-16-38(47)27-21-23-10-12-25(48-7)31-30(23)37(38,32(26)52-31)17-19-41(27)6/h10,12,14,22,24,27,32,47H,8-9,11,13,15-21H2,1-7H3,(H,39,44)(H,40,46)/t22-,24+,27+,32-,37-,38+/m0/s1. The quantitative estimate of drug-likeness (QED) is 0.135. The first-order valence-corrected chi connectivity index (χ1v) is 18.4. The van der Waals surface area contributed by atoms with E-state index < -0.39 is 64.8 Å². The van der Waals surface area contributed by atoms with E-state index in [4.69, 9.17) is 28.4 Å². The van der Waals surface area contributed by atoms with E-state index in [9.17, 15) is 29.1 Å². The van der Waals surface area contributed by atoms with Gasteiger partial charge in [-0.25, -0.2) is 9.59 Å². The average Bonchev–Trinajstić information content (AvgIpc) is 3.44. The van der Waals surface area contributed by atoms with Crippen LogP contribution >= 0.6 is 0 Å². The number of nitrogens with zero attached hydrogens (tertiary/aromatic N) is 1. The summed E-state index contributed by atoms with van der Waals surface area (Å²) in [6.07, 6.45) is 1.27. The summed E-state index contributed by atoms with van der Waals surface area (Å²) < 4.78 is 33.8. The van der Waals surface area contributed by atoms with Crippen LogP contribution in [0.4, 0.5) is 4.79 Å². The van der Waals surface area contributed by atoms with Crippen LogP contribution in [0.25, 0.3) is 0 Å². The van der Waals surface area contributed by atoms with Gasteiger partial charge in [0.15, 0.2) is 23.7 Å². The zero-order chi connectivity index (χ0) is 38.7. The molecule has 0 radical (unpaired) electrons. The predicted molar refractivity (Wildman–Crippen MR) is 189 cm³/mol. The Morgan fingerprint density at radius 2 is 1.89 bits per heavy atom. The molecule has 6 atom stereocenters. The summed E-state index contributed by atoms with van der Waals surface area (Å²) in [6.45, 7) is 9.17. The lowest BCUT2D eigenvalue weighted by atomic mass is 9.50. The van der Waals surface area contributed by atoms with E-state index in [0.717, 1.165) is 17.5 Å². The Hall–Kier alpha value is -4.37. The number of hydrogen-bond acceptors (Lipinski definition) is 13. The lowest BCUT2D eigenvalue weighted by Crippen LogP contribution is -2.74. The number of likely N-dealkylation sites (tertiary alicyclic amines) is 1. The molecule has 2 bridgehead atoms. The summed E-state index contributed by atoms with van der Waals surface area (Å²) in [5.74, 6) is -1.44. The molecule has 2 aliphatic carbocycles. The van der Waals surface area contributed by atoms with Crippen LogP contribution in [-0.2, 0) is 50.0 Å². The molecule has 0 unspecified atom stereocenters. The van der Waals surface area contributed by atoms with Crippen molar-refractivity contribution in [3.8, 4) is 11.5 Å². The van der Waals surface area contributed by atoms with Crippen LogP contribution in [-0.4, -0.2) is 109 Å². The lowest BCUT2D eigenvalue weighted by Gasteiger charge is -2.61. The van der Waals surface area contributed by atoms with Gasteiger partial charge in [0.2, 0.25) is 5.91 Å². The average molecular weight is 744 g/mol. The minimum absolute atomic E-state index is 0.0564. The van der Waals surface area contributed by atoms with Crippen molar-refractivity contribution in [2.45, 2.75) is 127 Å². The molecular formula is C38H53N3O12. The van der Waals surface area contributed by atoms with Crippen LogP contribution in [0.3, 0.4) is 0 Å². The minimum atomic E-state index is -1.30. The summed E-state index contributed by atoms with van der Waals surface area (Å²) in [7, 11) is 3.56. The Kier molecular flexibility index (Phi) is 12.0. The number of alkyl carbamates (subject to hydrolysis) is 1. The second-order valence-corrected chi connectivity index (χ2v) is 15.2. The van der Waals surface area contributed by atoms with E-state index in [1.807, 2.05) is 26.1 Å². The van der Waals surface area contributed by atoms with Crippen molar-refractivity contribution in [3.05, 3.63) is 35.1 Å². The number of benzene rings is 1. The maximum absolute atomic E-state index is 13.3. The molecule has 0 aromatic heterocycles.